The topological polar surface area (TPSA) is 15.3 Å². The average Bonchev–Trinajstić information content (AvgIpc) is 2.38. The highest BCUT2D eigenvalue weighted by Crippen LogP contribution is 2.08. The van der Waals surface area contributed by atoms with Crippen molar-refractivity contribution in [3.8, 4) is 12.3 Å². The van der Waals surface area contributed by atoms with Crippen molar-refractivity contribution in [1.82, 2.24) is 10.2 Å². The van der Waals surface area contributed by atoms with E-state index in [1.54, 1.807) is 0 Å². The molecule has 110 valence electrons. The Labute approximate surface area is 124 Å². The van der Waals surface area contributed by atoms with Crippen LogP contribution < -0.4 is 5.32 Å². The summed E-state index contributed by atoms with van der Waals surface area (Å²) in [6.45, 7) is 12.4. The van der Waals surface area contributed by atoms with Gasteiger partial charge in [-0.1, -0.05) is 37.1 Å². The fourth-order valence-corrected chi connectivity index (χ4v) is 2.06. The van der Waals surface area contributed by atoms with Crippen molar-refractivity contribution < 1.29 is 0 Å². The lowest BCUT2D eigenvalue weighted by Gasteiger charge is -2.20. The number of nitrogens with zero attached hydrogens (tertiary/aromatic N) is 1. The molecule has 1 rings (SSSR count). The summed E-state index contributed by atoms with van der Waals surface area (Å²) in [5.41, 5.74) is 2.90. The van der Waals surface area contributed by atoms with Crippen molar-refractivity contribution >= 4 is 0 Å². The molecular weight excluding hydrogens is 244 g/mol. The normalized spacial score (nSPS) is 11.6. The number of hydrogen-bond donors (Lipinski definition) is 1. The van der Waals surface area contributed by atoms with E-state index in [1.165, 1.54) is 11.1 Å². The highest BCUT2D eigenvalue weighted by atomic mass is 15.1. The molecule has 20 heavy (non-hydrogen) atoms. The van der Waals surface area contributed by atoms with Crippen LogP contribution in [0.5, 0.6) is 0 Å². The van der Waals surface area contributed by atoms with Crippen molar-refractivity contribution in [3.05, 3.63) is 35.4 Å². The van der Waals surface area contributed by atoms with Gasteiger partial charge in [0, 0.05) is 12.1 Å². The molecule has 0 fully saturated rings. The van der Waals surface area contributed by atoms with Crippen LogP contribution in [-0.4, -0.2) is 30.1 Å². The molecule has 0 bridgehead atoms. The first-order chi connectivity index (χ1) is 9.44. The molecule has 0 spiro atoms. The molecule has 0 aliphatic carbocycles. The van der Waals surface area contributed by atoms with Gasteiger partial charge in [0.1, 0.15) is 0 Å². The molecule has 1 aromatic rings. The van der Waals surface area contributed by atoms with Gasteiger partial charge in [0.25, 0.3) is 0 Å². The van der Waals surface area contributed by atoms with Gasteiger partial charge in [-0.15, -0.1) is 6.42 Å². The van der Waals surface area contributed by atoms with E-state index in [0.717, 1.165) is 26.1 Å². The molecule has 0 heterocycles. The Kier molecular flexibility index (Phi) is 6.78. The molecule has 0 atom stereocenters. The van der Waals surface area contributed by atoms with Gasteiger partial charge in [-0.05, 0) is 51.4 Å². The van der Waals surface area contributed by atoms with Gasteiger partial charge in [0.15, 0.2) is 0 Å². The third-order valence-corrected chi connectivity index (χ3v) is 3.26. The highest BCUT2D eigenvalue weighted by molar-refractivity contribution is 5.23. The smallest absolute Gasteiger partial charge is 0.0601 e. The lowest BCUT2D eigenvalue weighted by Crippen LogP contribution is -2.37. The maximum absolute atomic E-state index is 5.37. The van der Waals surface area contributed by atoms with Gasteiger partial charge >= 0.3 is 0 Å². The van der Waals surface area contributed by atoms with Crippen LogP contribution in [0.25, 0.3) is 0 Å². The van der Waals surface area contributed by atoms with Crippen LogP contribution in [0.3, 0.4) is 0 Å². The third kappa shape index (κ3) is 6.75. The van der Waals surface area contributed by atoms with Crippen molar-refractivity contribution in [3.63, 3.8) is 0 Å². The highest BCUT2D eigenvalue weighted by Gasteiger charge is 2.07. The molecule has 0 aliphatic rings. The van der Waals surface area contributed by atoms with Gasteiger partial charge in [0.2, 0.25) is 0 Å². The molecule has 2 heteroatoms. The van der Waals surface area contributed by atoms with E-state index in [9.17, 15) is 0 Å². The number of nitrogens with one attached hydrogen (secondary N) is 1. The summed E-state index contributed by atoms with van der Waals surface area (Å²) in [7, 11) is 0. The maximum atomic E-state index is 5.37. The largest absolute Gasteiger partial charge is 0.312 e. The second-order valence-corrected chi connectivity index (χ2v) is 6.25. The molecule has 0 saturated carbocycles. The van der Waals surface area contributed by atoms with Crippen molar-refractivity contribution in [1.29, 1.82) is 0 Å². The fourth-order valence-electron chi connectivity index (χ4n) is 2.06. The Morgan fingerprint density at radius 2 is 1.75 bits per heavy atom. The van der Waals surface area contributed by atoms with Crippen LogP contribution >= 0.6 is 0 Å². The molecular formula is C18H28N2. The van der Waals surface area contributed by atoms with E-state index < -0.39 is 0 Å². The Morgan fingerprint density at radius 1 is 1.15 bits per heavy atom. The Morgan fingerprint density at radius 3 is 2.25 bits per heavy atom. The van der Waals surface area contributed by atoms with Crippen LogP contribution in [0.15, 0.2) is 24.3 Å². The lowest BCUT2D eigenvalue weighted by molar-refractivity contribution is 0.316. The van der Waals surface area contributed by atoms with Gasteiger partial charge in [-0.3, -0.25) is 4.90 Å². The predicted molar refractivity (Wildman–Crippen MR) is 87.7 cm³/mol. The van der Waals surface area contributed by atoms with E-state index in [2.05, 4.69) is 68.1 Å². The van der Waals surface area contributed by atoms with Crippen LogP contribution in [0, 0.1) is 12.3 Å². The standard InChI is InChI=1S/C18H28N2/c1-6-14-20(7-2)15-17-10-8-16(9-11-17)12-13-19-18(3,4)5/h1,8-11,19H,7,12-15H2,2-5H3. The van der Waals surface area contributed by atoms with E-state index in [1.807, 2.05) is 0 Å². The predicted octanol–water partition coefficient (Wildman–Crippen LogP) is 3.07. The number of benzene rings is 1. The summed E-state index contributed by atoms with van der Waals surface area (Å²) >= 11 is 0. The molecule has 1 N–H and O–H groups in total. The van der Waals surface area contributed by atoms with Crippen LogP contribution in [0.2, 0.25) is 0 Å². The summed E-state index contributed by atoms with van der Waals surface area (Å²) in [5, 5.41) is 3.51. The minimum Gasteiger partial charge on any atom is -0.312 e. The molecule has 0 aliphatic heterocycles. The summed E-state index contributed by atoms with van der Waals surface area (Å²) in [4.78, 5) is 2.26. The van der Waals surface area contributed by atoms with Crippen LogP contribution in [-0.2, 0) is 13.0 Å². The molecule has 0 radical (unpaired) electrons. The second-order valence-electron chi connectivity index (χ2n) is 6.25. The van der Waals surface area contributed by atoms with E-state index in [-0.39, 0.29) is 5.54 Å². The van der Waals surface area contributed by atoms with Crippen LogP contribution in [0.4, 0.5) is 0 Å². The summed E-state index contributed by atoms with van der Waals surface area (Å²) < 4.78 is 0. The first-order valence-corrected chi connectivity index (χ1v) is 7.43. The quantitative estimate of drug-likeness (QED) is 0.767. The maximum Gasteiger partial charge on any atom is 0.0601 e. The Hall–Kier alpha value is -1.30. The fraction of sp³-hybridized carbons (Fsp3) is 0.556. The zero-order chi connectivity index (χ0) is 15.0. The van der Waals surface area contributed by atoms with Crippen molar-refractivity contribution in [2.24, 2.45) is 0 Å². The molecule has 0 amide bonds. The van der Waals surface area contributed by atoms with E-state index >= 15 is 0 Å². The number of rotatable bonds is 7. The zero-order valence-electron chi connectivity index (χ0n) is 13.4. The van der Waals surface area contributed by atoms with Gasteiger partial charge in [0.05, 0.1) is 6.54 Å². The summed E-state index contributed by atoms with van der Waals surface area (Å²) in [5.74, 6) is 2.71. The first-order valence-electron chi connectivity index (χ1n) is 7.43. The number of terminal acetylenes is 1. The minimum atomic E-state index is 0.191. The zero-order valence-corrected chi connectivity index (χ0v) is 13.4. The van der Waals surface area contributed by atoms with Gasteiger partial charge in [-0.2, -0.15) is 0 Å². The van der Waals surface area contributed by atoms with Crippen LogP contribution in [0.1, 0.15) is 38.8 Å². The molecule has 2 nitrogen and oxygen atoms in total. The van der Waals surface area contributed by atoms with Crippen molar-refractivity contribution in [2.75, 3.05) is 19.6 Å². The minimum absolute atomic E-state index is 0.191. The lowest BCUT2D eigenvalue weighted by atomic mass is 10.1. The van der Waals surface area contributed by atoms with Crippen molar-refractivity contribution in [2.45, 2.75) is 46.2 Å². The number of hydrogen-bond acceptors (Lipinski definition) is 2. The second kappa shape index (κ2) is 8.09. The van der Waals surface area contributed by atoms with E-state index in [0.29, 0.717) is 6.54 Å². The SMILES string of the molecule is C#CCN(CC)Cc1ccc(CCNC(C)(C)C)cc1. The molecule has 0 unspecified atom stereocenters. The average molecular weight is 272 g/mol. The summed E-state index contributed by atoms with van der Waals surface area (Å²) in [6.07, 6.45) is 6.44. The Bertz CT molecular complexity index is 420. The Balaban J connectivity index is 2.46. The first kappa shape index (κ1) is 16.8. The summed E-state index contributed by atoms with van der Waals surface area (Å²) in [6, 6.07) is 8.88. The molecule has 0 aromatic heterocycles. The van der Waals surface area contributed by atoms with Gasteiger partial charge in [-0.25, -0.2) is 0 Å². The molecule has 1 aromatic carbocycles. The van der Waals surface area contributed by atoms with E-state index in [4.69, 9.17) is 6.42 Å². The monoisotopic (exact) mass is 272 g/mol. The third-order valence-electron chi connectivity index (χ3n) is 3.26. The molecule has 0 saturated heterocycles. The van der Waals surface area contributed by atoms with Gasteiger partial charge < -0.3 is 5.32 Å².